The van der Waals surface area contributed by atoms with E-state index in [2.05, 4.69) is 152 Å². The maximum absolute atomic E-state index is 6.52. The molecule has 11 aromatic rings. The number of aromatic nitrogens is 3. The molecule has 58 heavy (non-hydrogen) atoms. The van der Waals surface area contributed by atoms with Gasteiger partial charge in [0, 0.05) is 28.3 Å². The van der Waals surface area contributed by atoms with E-state index in [0.29, 0.717) is 11.7 Å². The molecular formula is C54H33N3O. The van der Waals surface area contributed by atoms with Crippen molar-refractivity contribution in [2.75, 3.05) is 0 Å². The second-order valence-electron chi connectivity index (χ2n) is 15.1. The van der Waals surface area contributed by atoms with Crippen molar-refractivity contribution in [3.8, 4) is 45.2 Å². The van der Waals surface area contributed by atoms with Crippen molar-refractivity contribution in [3.05, 3.63) is 223 Å². The average molecular weight is 740 g/mol. The van der Waals surface area contributed by atoms with Gasteiger partial charge in [-0.25, -0.2) is 15.0 Å². The quantitative estimate of drug-likeness (QED) is 0.165. The van der Waals surface area contributed by atoms with Crippen LogP contribution >= 0.6 is 0 Å². The molecule has 0 amide bonds. The minimum Gasteiger partial charge on any atom is -0.435 e. The molecule has 4 heteroatoms. The molecule has 0 radical (unpaired) electrons. The zero-order valence-electron chi connectivity index (χ0n) is 31.3. The summed E-state index contributed by atoms with van der Waals surface area (Å²) in [6, 6.07) is 69.2. The number of benzene rings is 9. The Morgan fingerprint density at radius 2 is 1.10 bits per heavy atom. The van der Waals surface area contributed by atoms with Crippen molar-refractivity contribution >= 4 is 43.4 Å². The summed E-state index contributed by atoms with van der Waals surface area (Å²) < 4.78 is 6.52. The van der Waals surface area contributed by atoms with Crippen molar-refractivity contribution < 1.29 is 4.42 Å². The lowest BCUT2D eigenvalue weighted by atomic mass is 9.67. The number of fused-ring (bicyclic) bond motifs is 10. The normalized spacial score (nSPS) is 13.0. The van der Waals surface area contributed by atoms with Crippen LogP contribution in [0.4, 0.5) is 0 Å². The highest BCUT2D eigenvalue weighted by molar-refractivity contribution is 6.18. The highest BCUT2D eigenvalue weighted by atomic mass is 16.3. The smallest absolute Gasteiger partial charge is 0.227 e. The van der Waals surface area contributed by atoms with Gasteiger partial charge in [0.05, 0.1) is 11.1 Å². The van der Waals surface area contributed by atoms with E-state index in [1.165, 1.54) is 44.2 Å². The fourth-order valence-electron chi connectivity index (χ4n) is 9.44. The molecule has 0 fully saturated rings. The van der Waals surface area contributed by atoms with Crippen molar-refractivity contribution in [2.45, 2.75) is 5.41 Å². The summed E-state index contributed by atoms with van der Waals surface area (Å²) in [5.41, 5.74) is 12.4. The fraction of sp³-hybridized carbons (Fsp3) is 0.0185. The highest BCUT2D eigenvalue weighted by Gasteiger charge is 2.46. The summed E-state index contributed by atoms with van der Waals surface area (Å²) in [5.74, 6) is 1.28. The van der Waals surface area contributed by atoms with E-state index in [1.54, 1.807) is 0 Å². The lowest BCUT2D eigenvalue weighted by molar-refractivity contribution is 0.623. The second-order valence-corrected chi connectivity index (χ2v) is 15.1. The van der Waals surface area contributed by atoms with E-state index < -0.39 is 5.41 Å². The first-order valence-corrected chi connectivity index (χ1v) is 19.7. The number of rotatable bonds is 5. The van der Waals surface area contributed by atoms with Crippen LogP contribution in [0, 0.1) is 0 Å². The minimum atomic E-state index is -0.533. The van der Waals surface area contributed by atoms with E-state index in [9.17, 15) is 0 Å². The molecule has 0 aliphatic heterocycles. The summed E-state index contributed by atoms with van der Waals surface area (Å²) in [5, 5.41) is 6.80. The number of hydrogen-bond donors (Lipinski definition) is 0. The molecule has 0 unspecified atom stereocenters. The first kappa shape index (κ1) is 32.5. The molecule has 270 valence electrons. The van der Waals surface area contributed by atoms with Gasteiger partial charge in [0.1, 0.15) is 5.52 Å². The van der Waals surface area contributed by atoms with Crippen molar-refractivity contribution in [1.29, 1.82) is 0 Å². The topological polar surface area (TPSA) is 51.8 Å². The van der Waals surface area contributed by atoms with Gasteiger partial charge in [0.15, 0.2) is 11.4 Å². The molecule has 0 atom stereocenters. The van der Waals surface area contributed by atoms with Crippen LogP contribution in [0.2, 0.25) is 0 Å². The third-order valence-electron chi connectivity index (χ3n) is 12.0. The first-order chi connectivity index (χ1) is 28.7. The zero-order valence-corrected chi connectivity index (χ0v) is 31.3. The molecule has 2 aromatic heterocycles. The van der Waals surface area contributed by atoms with Crippen molar-refractivity contribution in [2.24, 2.45) is 0 Å². The largest absolute Gasteiger partial charge is 0.435 e. The molecule has 1 aliphatic rings. The van der Waals surface area contributed by atoms with E-state index in [1.807, 2.05) is 48.7 Å². The third-order valence-corrected chi connectivity index (χ3v) is 12.0. The van der Waals surface area contributed by atoms with Gasteiger partial charge in [-0.05, 0) is 96.7 Å². The van der Waals surface area contributed by atoms with Crippen LogP contribution in [0.1, 0.15) is 22.3 Å². The monoisotopic (exact) mass is 739 g/mol. The molecule has 0 bridgehead atoms. The van der Waals surface area contributed by atoms with Gasteiger partial charge < -0.3 is 4.42 Å². The Kier molecular flexibility index (Phi) is 7.11. The number of hydrogen-bond acceptors (Lipinski definition) is 4. The Morgan fingerprint density at radius 1 is 0.448 bits per heavy atom. The molecule has 2 heterocycles. The van der Waals surface area contributed by atoms with Crippen LogP contribution < -0.4 is 0 Å². The maximum atomic E-state index is 6.52. The number of nitrogens with zero attached hydrogens (tertiary/aromatic N) is 3. The van der Waals surface area contributed by atoms with Gasteiger partial charge in [-0.15, -0.1) is 0 Å². The number of oxazole rings is 1. The summed E-state index contributed by atoms with van der Waals surface area (Å²) in [7, 11) is 0. The molecule has 0 saturated heterocycles. The molecular weight excluding hydrogens is 707 g/mol. The standard InChI is InChI=1S/C54H33N3O/c1-4-13-37(14-5-1)53-57-48-29-26-36-22-20-35-21-23-39(32-44(35)49(36)51(48)58-53)52-55-31-30-47(56-52)38-24-27-43-46(33-38)54(40-15-6-2-7-16-40,41-17-8-3-9-18-41)45-28-25-34-12-10-11-19-42(34)50(43)45/h1-33H. The van der Waals surface area contributed by atoms with Gasteiger partial charge in [-0.1, -0.05) is 158 Å². The van der Waals surface area contributed by atoms with Gasteiger partial charge in [-0.2, -0.15) is 0 Å². The molecule has 9 aromatic carbocycles. The van der Waals surface area contributed by atoms with Crippen molar-refractivity contribution in [1.82, 2.24) is 15.0 Å². The highest BCUT2D eigenvalue weighted by Crippen LogP contribution is 2.58. The first-order valence-electron chi connectivity index (χ1n) is 19.7. The predicted octanol–water partition coefficient (Wildman–Crippen LogP) is 13.4. The van der Waals surface area contributed by atoms with E-state index >= 15 is 0 Å². The fourth-order valence-corrected chi connectivity index (χ4v) is 9.44. The van der Waals surface area contributed by atoms with E-state index in [0.717, 1.165) is 55.0 Å². The van der Waals surface area contributed by atoms with Crippen molar-refractivity contribution in [3.63, 3.8) is 0 Å². The Labute approximate surface area is 334 Å². The van der Waals surface area contributed by atoms with E-state index in [-0.39, 0.29) is 0 Å². The second kappa shape index (κ2) is 12.7. The van der Waals surface area contributed by atoms with E-state index in [4.69, 9.17) is 19.4 Å². The Morgan fingerprint density at radius 3 is 1.91 bits per heavy atom. The van der Waals surface area contributed by atoms with Crippen LogP contribution in [0.15, 0.2) is 205 Å². The zero-order chi connectivity index (χ0) is 38.2. The van der Waals surface area contributed by atoms with Gasteiger partial charge in [0.25, 0.3) is 0 Å². The van der Waals surface area contributed by atoms with Crippen LogP contribution in [0.25, 0.3) is 88.6 Å². The average Bonchev–Trinajstić information content (AvgIpc) is 3.88. The summed E-state index contributed by atoms with van der Waals surface area (Å²) in [6.45, 7) is 0. The summed E-state index contributed by atoms with van der Waals surface area (Å²) in [6.07, 6.45) is 1.88. The van der Waals surface area contributed by atoms with Gasteiger partial charge >= 0.3 is 0 Å². The molecule has 1 aliphatic carbocycles. The summed E-state index contributed by atoms with van der Waals surface area (Å²) in [4.78, 5) is 15.0. The van der Waals surface area contributed by atoms with Crippen LogP contribution in [-0.2, 0) is 5.41 Å². The Bertz CT molecular complexity index is 3350. The Balaban J connectivity index is 1.04. The maximum Gasteiger partial charge on any atom is 0.227 e. The van der Waals surface area contributed by atoms with Gasteiger partial charge in [-0.3, -0.25) is 0 Å². The molecule has 0 spiro atoms. The van der Waals surface area contributed by atoms with Gasteiger partial charge in [0.2, 0.25) is 5.89 Å². The lowest BCUT2D eigenvalue weighted by Gasteiger charge is -2.34. The minimum absolute atomic E-state index is 0.533. The molecule has 12 rings (SSSR count). The summed E-state index contributed by atoms with van der Waals surface area (Å²) >= 11 is 0. The Hall–Kier alpha value is -7.69. The molecule has 4 nitrogen and oxygen atoms in total. The molecule has 0 saturated carbocycles. The third kappa shape index (κ3) is 4.79. The lowest BCUT2D eigenvalue weighted by Crippen LogP contribution is -2.28. The molecule has 0 N–H and O–H groups in total. The van der Waals surface area contributed by atoms with Crippen LogP contribution in [0.5, 0.6) is 0 Å². The SMILES string of the molecule is c1ccc(-c2nc3ccc4ccc5ccc(-c6nccc(-c7ccc8c(c7)C(c7ccccc7)(c7ccccc7)c7ccc9ccccc9c7-8)n6)cc5c4c3o2)cc1. The van der Waals surface area contributed by atoms with Crippen LogP contribution in [0.3, 0.4) is 0 Å². The predicted molar refractivity (Wildman–Crippen MR) is 236 cm³/mol. The van der Waals surface area contributed by atoms with Crippen LogP contribution in [-0.4, -0.2) is 15.0 Å².